The second-order valence-corrected chi connectivity index (χ2v) is 3.43. The fraction of sp³-hybridized carbons (Fsp3) is 0.300. The third-order valence-electron chi connectivity index (χ3n) is 2.62. The van der Waals surface area contributed by atoms with Gasteiger partial charge in [-0.2, -0.15) is 0 Å². The number of carbonyl (C=O) groups excluding carboxylic acids is 1. The predicted octanol–water partition coefficient (Wildman–Crippen LogP) is 1.24. The Balaban J connectivity index is 2.22. The maximum absolute atomic E-state index is 10.6. The maximum Gasteiger partial charge on any atom is 0.231 e. The summed E-state index contributed by atoms with van der Waals surface area (Å²) in [5.41, 5.74) is 0.881. The molecule has 0 N–H and O–H groups in total. The number of carbonyl (C=O) groups is 1. The molecule has 1 aromatic rings. The van der Waals surface area contributed by atoms with Crippen LogP contribution in [0, 0.1) is 16.0 Å². The average molecular weight is 191 g/mol. The molecule has 0 unspecified atom stereocenters. The fourth-order valence-electron chi connectivity index (χ4n) is 1.85. The minimum atomic E-state index is -0.713. The molecule has 4 heteroatoms. The fourth-order valence-corrected chi connectivity index (χ4v) is 1.85. The molecule has 1 saturated carbocycles. The molecule has 1 fully saturated rings. The highest BCUT2D eigenvalue weighted by atomic mass is 16.6. The van der Waals surface area contributed by atoms with E-state index in [1.807, 2.05) is 30.3 Å². The summed E-state index contributed by atoms with van der Waals surface area (Å²) in [6.45, 7) is 0. The first kappa shape index (κ1) is 8.87. The predicted molar refractivity (Wildman–Crippen MR) is 49.5 cm³/mol. The van der Waals surface area contributed by atoms with Gasteiger partial charge in [0, 0.05) is 4.92 Å². The molecule has 0 aliphatic heterocycles. The molecule has 0 spiro atoms. The van der Waals surface area contributed by atoms with Crippen LogP contribution < -0.4 is 0 Å². The van der Waals surface area contributed by atoms with E-state index in [1.54, 1.807) is 0 Å². The van der Waals surface area contributed by atoms with Gasteiger partial charge in [-0.25, -0.2) is 0 Å². The molecule has 0 saturated heterocycles. The zero-order valence-corrected chi connectivity index (χ0v) is 7.37. The van der Waals surface area contributed by atoms with Crippen LogP contribution in [-0.2, 0) is 4.79 Å². The summed E-state index contributed by atoms with van der Waals surface area (Å²) in [6.07, 6.45) is 0.686. The molecule has 0 aromatic heterocycles. The number of hydrogen-bond acceptors (Lipinski definition) is 3. The monoisotopic (exact) mass is 191 g/mol. The van der Waals surface area contributed by atoms with E-state index in [0.717, 1.165) is 5.56 Å². The SMILES string of the molecule is O=C[C@H]1[C@@H](c2ccccc2)[C@@H]1[N+](=O)[O-]. The van der Waals surface area contributed by atoms with E-state index >= 15 is 0 Å². The highest BCUT2D eigenvalue weighted by Crippen LogP contribution is 2.48. The number of nitro groups is 1. The van der Waals surface area contributed by atoms with E-state index in [0.29, 0.717) is 6.29 Å². The molecule has 1 aliphatic rings. The quantitative estimate of drug-likeness (QED) is 0.410. The number of hydrogen-bond donors (Lipinski definition) is 0. The number of aldehydes is 1. The van der Waals surface area contributed by atoms with Crippen molar-refractivity contribution in [1.29, 1.82) is 0 Å². The Labute approximate surface area is 80.7 Å². The van der Waals surface area contributed by atoms with Gasteiger partial charge >= 0.3 is 0 Å². The Morgan fingerprint density at radius 2 is 1.93 bits per heavy atom. The van der Waals surface area contributed by atoms with E-state index < -0.39 is 12.0 Å². The summed E-state index contributed by atoms with van der Waals surface area (Å²) in [6, 6.07) is 8.44. The Bertz CT molecular complexity index is 363. The topological polar surface area (TPSA) is 60.2 Å². The van der Waals surface area contributed by atoms with Crippen LogP contribution in [0.1, 0.15) is 11.5 Å². The van der Waals surface area contributed by atoms with Crippen LogP contribution in [0.2, 0.25) is 0 Å². The van der Waals surface area contributed by atoms with E-state index in [2.05, 4.69) is 0 Å². The number of rotatable bonds is 3. The van der Waals surface area contributed by atoms with Crippen LogP contribution in [0.4, 0.5) is 0 Å². The lowest BCUT2D eigenvalue weighted by molar-refractivity contribution is -0.498. The third kappa shape index (κ3) is 1.28. The first-order chi connectivity index (χ1) is 6.75. The average Bonchev–Trinajstić information content (AvgIpc) is 2.93. The Kier molecular flexibility index (Phi) is 2.04. The normalized spacial score (nSPS) is 29.6. The van der Waals surface area contributed by atoms with Crippen molar-refractivity contribution in [2.75, 3.05) is 0 Å². The van der Waals surface area contributed by atoms with Crippen molar-refractivity contribution in [3.05, 3.63) is 46.0 Å². The highest BCUT2D eigenvalue weighted by Gasteiger charge is 2.61. The van der Waals surface area contributed by atoms with Crippen LogP contribution in [0.5, 0.6) is 0 Å². The Hall–Kier alpha value is -1.71. The van der Waals surface area contributed by atoms with Crippen molar-refractivity contribution in [2.24, 2.45) is 5.92 Å². The zero-order chi connectivity index (χ0) is 10.1. The molecule has 1 aliphatic carbocycles. The van der Waals surface area contributed by atoms with Crippen LogP contribution in [0.15, 0.2) is 30.3 Å². The van der Waals surface area contributed by atoms with Gasteiger partial charge < -0.3 is 4.79 Å². The molecule has 4 nitrogen and oxygen atoms in total. The first-order valence-electron chi connectivity index (χ1n) is 4.39. The van der Waals surface area contributed by atoms with Crippen molar-refractivity contribution >= 4 is 6.29 Å². The van der Waals surface area contributed by atoms with Crippen molar-refractivity contribution in [3.8, 4) is 0 Å². The molecular weight excluding hydrogens is 182 g/mol. The molecule has 72 valence electrons. The van der Waals surface area contributed by atoms with E-state index in [1.165, 1.54) is 0 Å². The van der Waals surface area contributed by atoms with E-state index in [4.69, 9.17) is 0 Å². The lowest BCUT2D eigenvalue weighted by atomic mass is 10.1. The highest BCUT2D eigenvalue weighted by molar-refractivity contribution is 5.63. The summed E-state index contributed by atoms with van der Waals surface area (Å²) >= 11 is 0. The van der Waals surface area contributed by atoms with E-state index in [-0.39, 0.29) is 10.8 Å². The third-order valence-corrected chi connectivity index (χ3v) is 2.62. The first-order valence-corrected chi connectivity index (χ1v) is 4.39. The summed E-state index contributed by atoms with van der Waals surface area (Å²) in [4.78, 5) is 20.8. The van der Waals surface area contributed by atoms with Crippen LogP contribution in [-0.4, -0.2) is 17.3 Å². The lowest BCUT2D eigenvalue weighted by Gasteiger charge is -1.94. The number of nitrogens with zero attached hydrogens (tertiary/aromatic N) is 1. The minimum Gasteiger partial charge on any atom is -0.303 e. The summed E-state index contributed by atoms with van der Waals surface area (Å²) in [5.74, 6) is -0.656. The summed E-state index contributed by atoms with van der Waals surface area (Å²) < 4.78 is 0. The number of benzene rings is 1. The van der Waals surface area contributed by atoms with Gasteiger partial charge in [-0.15, -0.1) is 0 Å². The molecule has 14 heavy (non-hydrogen) atoms. The van der Waals surface area contributed by atoms with Gasteiger partial charge in [0.25, 0.3) is 0 Å². The standard InChI is InChI=1S/C10H9NO3/c12-6-8-9(10(8)11(13)14)7-4-2-1-3-5-7/h1-6,8-10H/t8-,9+,10+/m0/s1. The largest absolute Gasteiger partial charge is 0.303 e. The molecule has 0 amide bonds. The molecular formula is C10H9NO3. The van der Waals surface area contributed by atoms with Crippen molar-refractivity contribution < 1.29 is 9.72 Å². The summed E-state index contributed by atoms with van der Waals surface area (Å²) in [7, 11) is 0. The van der Waals surface area contributed by atoms with Gasteiger partial charge in [0.2, 0.25) is 6.04 Å². The van der Waals surface area contributed by atoms with Gasteiger partial charge in [-0.05, 0) is 5.56 Å². The second-order valence-electron chi connectivity index (χ2n) is 3.43. The molecule has 2 rings (SSSR count). The maximum atomic E-state index is 10.6. The van der Waals surface area contributed by atoms with Crippen molar-refractivity contribution in [1.82, 2.24) is 0 Å². The van der Waals surface area contributed by atoms with Gasteiger partial charge in [0.15, 0.2) is 0 Å². The Morgan fingerprint density at radius 3 is 2.36 bits per heavy atom. The molecule has 0 radical (unpaired) electrons. The molecule has 3 atom stereocenters. The van der Waals surface area contributed by atoms with Gasteiger partial charge in [0.1, 0.15) is 6.29 Å². The lowest BCUT2D eigenvalue weighted by Crippen LogP contribution is -2.05. The Morgan fingerprint density at radius 1 is 1.29 bits per heavy atom. The second kappa shape index (κ2) is 3.21. The van der Waals surface area contributed by atoms with Crippen molar-refractivity contribution in [3.63, 3.8) is 0 Å². The molecule has 0 bridgehead atoms. The van der Waals surface area contributed by atoms with Crippen LogP contribution >= 0.6 is 0 Å². The van der Waals surface area contributed by atoms with Crippen molar-refractivity contribution in [2.45, 2.75) is 12.0 Å². The zero-order valence-electron chi connectivity index (χ0n) is 7.37. The van der Waals surface area contributed by atoms with Crippen LogP contribution in [0.25, 0.3) is 0 Å². The van der Waals surface area contributed by atoms with Gasteiger partial charge in [0.05, 0.1) is 11.8 Å². The molecule has 0 heterocycles. The van der Waals surface area contributed by atoms with Gasteiger partial charge in [-0.3, -0.25) is 10.1 Å². The van der Waals surface area contributed by atoms with E-state index in [9.17, 15) is 14.9 Å². The van der Waals surface area contributed by atoms with Gasteiger partial charge in [-0.1, -0.05) is 30.3 Å². The minimum absolute atomic E-state index is 0.219. The molecule has 1 aromatic carbocycles. The summed E-state index contributed by atoms with van der Waals surface area (Å²) in [5, 5.41) is 10.6. The van der Waals surface area contributed by atoms with Crippen LogP contribution in [0.3, 0.4) is 0 Å². The smallest absolute Gasteiger partial charge is 0.231 e.